The van der Waals surface area contributed by atoms with Crippen LogP contribution in [0.15, 0.2) is 12.2 Å². The highest BCUT2D eigenvalue weighted by Crippen LogP contribution is 2.18. The van der Waals surface area contributed by atoms with Crippen molar-refractivity contribution >= 4 is 0 Å². The first-order chi connectivity index (χ1) is 8.40. The number of rotatable bonds is 3. The van der Waals surface area contributed by atoms with Crippen molar-refractivity contribution in [3.05, 3.63) is 12.2 Å². The van der Waals surface area contributed by atoms with Crippen molar-refractivity contribution in [1.29, 1.82) is 0 Å². The Bertz CT molecular complexity index is 240. The van der Waals surface area contributed by atoms with Gasteiger partial charge in [-0.05, 0) is 26.3 Å². The van der Waals surface area contributed by atoms with E-state index in [0.717, 1.165) is 26.2 Å². The minimum Gasteiger partial charge on any atom is -0.374 e. The molecule has 2 atom stereocenters. The Kier molecular flexibility index (Phi) is 5.49. The third-order valence-electron chi connectivity index (χ3n) is 3.80. The first kappa shape index (κ1) is 13.1. The highest BCUT2D eigenvalue weighted by molar-refractivity contribution is 4.97. The molecule has 1 aliphatic heterocycles. The number of hydrogen-bond acceptors (Lipinski definition) is 3. The summed E-state index contributed by atoms with van der Waals surface area (Å²) in [6.07, 6.45) is 11.9. The van der Waals surface area contributed by atoms with Gasteiger partial charge < -0.3 is 10.1 Å². The van der Waals surface area contributed by atoms with E-state index in [1.165, 1.54) is 32.1 Å². The molecule has 1 saturated heterocycles. The van der Waals surface area contributed by atoms with Gasteiger partial charge in [-0.1, -0.05) is 25.0 Å². The lowest BCUT2D eigenvalue weighted by molar-refractivity contribution is -0.0362. The fourth-order valence-electron chi connectivity index (χ4n) is 2.84. The van der Waals surface area contributed by atoms with Crippen molar-refractivity contribution in [2.75, 3.05) is 33.3 Å². The lowest BCUT2D eigenvalue weighted by Gasteiger charge is -2.37. The summed E-state index contributed by atoms with van der Waals surface area (Å²) in [5.41, 5.74) is 0. The summed E-state index contributed by atoms with van der Waals surface area (Å²) in [4.78, 5) is 2.60. The predicted molar refractivity (Wildman–Crippen MR) is 71.3 cm³/mol. The van der Waals surface area contributed by atoms with E-state index in [-0.39, 0.29) is 0 Å². The van der Waals surface area contributed by atoms with Gasteiger partial charge in [-0.15, -0.1) is 0 Å². The van der Waals surface area contributed by atoms with E-state index in [1.54, 1.807) is 0 Å². The first-order valence-electron chi connectivity index (χ1n) is 7.07. The summed E-state index contributed by atoms with van der Waals surface area (Å²) in [7, 11) is 2.00. The molecule has 3 nitrogen and oxygen atoms in total. The minimum absolute atomic E-state index is 0.368. The van der Waals surface area contributed by atoms with Crippen molar-refractivity contribution < 1.29 is 4.74 Å². The molecule has 98 valence electrons. The highest BCUT2D eigenvalue weighted by Gasteiger charge is 2.24. The molecule has 1 aliphatic carbocycles. The van der Waals surface area contributed by atoms with Gasteiger partial charge in [0.1, 0.15) is 0 Å². The van der Waals surface area contributed by atoms with E-state index in [0.29, 0.717) is 12.1 Å². The van der Waals surface area contributed by atoms with Crippen LogP contribution in [0.3, 0.4) is 0 Å². The molecule has 1 N–H and O–H groups in total. The molecule has 1 heterocycles. The first-order valence-corrected chi connectivity index (χ1v) is 7.07. The number of nitrogens with one attached hydrogen (secondary N) is 1. The predicted octanol–water partition coefficient (Wildman–Crippen LogP) is 1.80. The van der Waals surface area contributed by atoms with Crippen LogP contribution in [-0.2, 0) is 4.74 Å². The zero-order valence-corrected chi connectivity index (χ0v) is 11.0. The van der Waals surface area contributed by atoms with E-state index in [4.69, 9.17) is 4.74 Å². The summed E-state index contributed by atoms with van der Waals surface area (Å²) in [5, 5.41) is 3.21. The summed E-state index contributed by atoms with van der Waals surface area (Å²) in [5.74, 6) is 0. The monoisotopic (exact) mass is 238 g/mol. The maximum atomic E-state index is 5.77. The molecule has 2 rings (SSSR count). The minimum atomic E-state index is 0.368. The SMILES string of the molecule is CNCC1CN(C2/C=C/CCCCC2)CCO1. The number of hydrogen-bond donors (Lipinski definition) is 1. The Labute approximate surface area is 105 Å². The molecule has 0 saturated carbocycles. The zero-order chi connectivity index (χ0) is 11.9. The van der Waals surface area contributed by atoms with Crippen LogP contribution in [0.5, 0.6) is 0 Å². The van der Waals surface area contributed by atoms with Gasteiger partial charge in [-0.3, -0.25) is 4.90 Å². The number of morpholine rings is 1. The van der Waals surface area contributed by atoms with Gasteiger partial charge in [0.2, 0.25) is 0 Å². The Morgan fingerprint density at radius 3 is 3.18 bits per heavy atom. The Morgan fingerprint density at radius 1 is 1.35 bits per heavy atom. The summed E-state index contributed by atoms with van der Waals surface area (Å²) < 4.78 is 5.77. The smallest absolute Gasteiger partial charge is 0.0826 e. The third kappa shape index (κ3) is 4.09. The van der Waals surface area contributed by atoms with E-state index >= 15 is 0 Å². The Hall–Kier alpha value is -0.380. The van der Waals surface area contributed by atoms with Crippen LogP contribution in [0.1, 0.15) is 32.1 Å². The van der Waals surface area contributed by atoms with Gasteiger partial charge in [-0.25, -0.2) is 0 Å². The fraction of sp³-hybridized carbons (Fsp3) is 0.857. The molecular formula is C14H26N2O. The van der Waals surface area contributed by atoms with Crippen LogP contribution in [0.2, 0.25) is 0 Å². The van der Waals surface area contributed by atoms with Crippen LogP contribution < -0.4 is 5.32 Å². The van der Waals surface area contributed by atoms with Crippen molar-refractivity contribution in [2.24, 2.45) is 0 Å². The Morgan fingerprint density at radius 2 is 2.29 bits per heavy atom. The molecule has 0 radical (unpaired) electrons. The van der Waals surface area contributed by atoms with Crippen LogP contribution in [0, 0.1) is 0 Å². The van der Waals surface area contributed by atoms with Gasteiger partial charge >= 0.3 is 0 Å². The van der Waals surface area contributed by atoms with Crippen LogP contribution in [0.4, 0.5) is 0 Å². The lowest BCUT2D eigenvalue weighted by Crippen LogP contribution is -2.49. The van der Waals surface area contributed by atoms with Crippen LogP contribution >= 0.6 is 0 Å². The fourth-order valence-corrected chi connectivity index (χ4v) is 2.84. The topological polar surface area (TPSA) is 24.5 Å². The largest absolute Gasteiger partial charge is 0.374 e. The van der Waals surface area contributed by atoms with Crippen molar-refractivity contribution in [3.8, 4) is 0 Å². The molecule has 1 fully saturated rings. The highest BCUT2D eigenvalue weighted by atomic mass is 16.5. The van der Waals surface area contributed by atoms with E-state index in [1.807, 2.05) is 7.05 Å². The average Bonchev–Trinajstić information content (AvgIpc) is 2.29. The third-order valence-corrected chi connectivity index (χ3v) is 3.80. The van der Waals surface area contributed by atoms with Crippen LogP contribution in [0.25, 0.3) is 0 Å². The van der Waals surface area contributed by atoms with E-state index < -0.39 is 0 Å². The molecule has 0 amide bonds. The molecule has 0 aromatic rings. The molecule has 3 heteroatoms. The molecule has 2 aliphatic rings. The normalized spacial score (nSPS) is 33.9. The summed E-state index contributed by atoms with van der Waals surface area (Å²) >= 11 is 0. The second-order valence-electron chi connectivity index (χ2n) is 5.18. The van der Waals surface area contributed by atoms with E-state index in [9.17, 15) is 0 Å². The average molecular weight is 238 g/mol. The molecule has 0 bridgehead atoms. The molecule has 0 spiro atoms. The second-order valence-corrected chi connectivity index (χ2v) is 5.18. The van der Waals surface area contributed by atoms with Gasteiger partial charge in [0.05, 0.1) is 12.7 Å². The summed E-state index contributed by atoms with van der Waals surface area (Å²) in [6, 6.07) is 0.651. The number of nitrogens with zero attached hydrogens (tertiary/aromatic N) is 1. The number of allylic oxidation sites excluding steroid dienone is 1. The number of ether oxygens (including phenoxy) is 1. The van der Waals surface area contributed by atoms with Gasteiger partial charge in [0.25, 0.3) is 0 Å². The maximum absolute atomic E-state index is 5.77. The van der Waals surface area contributed by atoms with Gasteiger partial charge in [-0.2, -0.15) is 0 Å². The molecule has 17 heavy (non-hydrogen) atoms. The van der Waals surface area contributed by atoms with Gasteiger partial charge in [0.15, 0.2) is 0 Å². The molecule has 0 aromatic carbocycles. The molecule has 0 aromatic heterocycles. The number of likely N-dealkylation sites (N-methyl/N-ethyl adjacent to an activating group) is 1. The molecular weight excluding hydrogens is 212 g/mol. The standard InChI is InChI=1S/C14H26N2O/c1-15-11-14-12-16(9-10-17-14)13-7-5-3-2-4-6-8-13/h5,7,13-15H,2-4,6,8-12H2,1H3/b7-5+. The van der Waals surface area contributed by atoms with Crippen LogP contribution in [-0.4, -0.2) is 50.3 Å². The van der Waals surface area contributed by atoms with Gasteiger partial charge in [0, 0.05) is 25.7 Å². The lowest BCUT2D eigenvalue weighted by atomic mass is 10.0. The van der Waals surface area contributed by atoms with E-state index in [2.05, 4.69) is 22.4 Å². The summed E-state index contributed by atoms with van der Waals surface area (Å²) in [6.45, 7) is 4.02. The second kappa shape index (κ2) is 7.14. The maximum Gasteiger partial charge on any atom is 0.0826 e. The van der Waals surface area contributed by atoms with Crippen molar-refractivity contribution in [2.45, 2.75) is 44.2 Å². The van der Waals surface area contributed by atoms with Crippen molar-refractivity contribution in [1.82, 2.24) is 10.2 Å². The quantitative estimate of drug-likeness (QED) is 0.759. The molecule has 2 unspecified atom stereocenters. The van der Waals surface area contributed by atoms with Crippen molar-refractivity contribution in [3.63, 3.8) is 0 Å². The Balaban J connectivity index is 1.88. The zero-order valence-electron chi connectivity index (χ0n) is 11.0.